The maximum absolute atomic E-state index is 12.8. The normalized spacial score (nSPS) is 20.6. The molecule has 154 valence electrons. The van der Waals surface area contributed by atoms with E-state index in [1.807, 2.05) is 25.1 Å². The van der Waals surface area contributed by atoms with Crippen molar-refractivity contribution in [3.05, 3.63) is 51.4 Å². The van der Waals surface area contributed by atoms with E-state index in [9.17, 15) is 9.59 Å². The first-order valence-corrected chi connectivity index (χ1v) is 11.0. The van der Waals surface area contributed by atoms with Gasteiger partial charge in [-0.25, -0.2) is 9.59 Å². The van der Waals surface area contributed by atoms with Crippen LogP contribution in [0.15, 0.2) is 24.3 Å². The van der Waals surface area contributed by atoms with E-state index in [2.05, 4.69) is 26.1 Å². The molecule has 0 amide bonds. The van der Waals surface area contributed by atoms with E-state index in [-0.39, 0.29) is 17.4 Å². The van der Waals surface area contributed by atoms with Crippen LogP contribution in [0.1, 0.15) is 77.1 Å². The minimum Gasteiger partial charge on any atom is -0.462 e. The lowest BCUT2D eigenvalue weighted by Gasteiger charge is -2.33. The number of anilines is 1. The van der Waals surface area contributed by atoms with Gasteiger partial charge in [-0.05, 0) is 49.1 Å². The second-order valence-corrected chi connectivity index (χ2v) is 9.86. The number of rotatable bonds is 4. The summed E-state index contributed by atoms with van der Waals surface area (Å²) in [5.74, 6) is -0.0780. The Bertz CT molecular complexity index is 956. The number of carbonyl (C=O) groups is 2. The topological polar surface area (TPSA) is 64.6 Å². The Morgan fingerprint density at radius 2 is 2.07 bits per heavy atom. The van der Waals surface area contributed by atoms with E-state index >= 15 is 0 Å². The molecule has 1 N–H and O–H groups in total. The summed E-state index contributed by atoms with van der Waals surface area (Å²) in [6, 6.07) is 7.35. The Morgan fingerprint density at radius 3 is 2.79 bits per heavy atom. The van der Waals surface area contributed by atoms with Crippen LogP contribution in [0.3, 0.4) is 0 Å². The molecule has 5 nitrogen and oxygen atoms in total. The predicted octanol–water partition coefficient (Wildman–Crippen LogP) is 5.36. The lowest BCUT2D eigenvalue weighted by Crippen LogP contribution is -2.26. The monoisotopic (exact) mass is 413 g/mol. The van der Waals surface area contributed by atoms with Crippen LogP contribution in [0.2, 0.25) is 0 Å². The first kappa shape index (κ1) is 20.0. The van der Waals surface area contributed by atoms with E-state index in [4.69, 9.17) is 9.47 Å². The Kier molecular flexibility index (Phi) is 5.15. The average molecular weight is 414 g/mol. The summed E-state index contributed by atoms with van der Waals surface area (Å²) in [4.78, 5) is 26.2. The highest BCUT2D eigenvalue weighted by Crippen LogP contribution is 2.46. The lowest BCUT2D eigenvalue weighted by atomic mass is 9.72. The number of carbonyl (C=O) groups excluding carboxylic acids is 2. The van der Waals surface area contributed by atoms with Crippen LogP contribution >= 0.6 is 11.3 Å². The lowest BCUT2D eigenvalue weighted by molar-refractivity contribution is 0.0437. The number of nitrogens with one attached hydrogen (secondary N) is 1. The van der Waals surface area contributed by atoms with Crippen LogP contribution in [0.25, 0.3) is 0 Å². The quantitative estimate of drug-likeness (QED) is 0.684. The summed E-state index contributed by atoms with van der Waals surface area (Å²) in [6.07, 6.45) is 2.29. The number of benzene rings is 1. The molecule has 1 aliphatic heterocycles. The van der Waals surface area contributed by atoms with Crippen molar-refractivity contribution in [1.82, 2.24) is 0 Å². The molecule has 0 unspecified atom stereocenters. The summed E-state index contributed by atoms with van der Waals surface area (Å²) >= 11 is 1.60. The maximum Gasteiger partial charge on any atom is 0.341 e. The molecule has 0 saturated heterocycles. The third kappa shape index (κ3) is 3.66. The molecule has 0 fully saturated rings. The first-order chi connectivity index (χ1) is 13.8. The zero-order valence-electron chi connectivity index (χ0n) is 17.3. The van der Waals surface area contributed by atoms with E-state index in [1.165, 1.54) is 4.88 Å². The van der Waals surface area contributed by atoms with Crippen molar-refractivity contribution >= 4 is 28.3 Å². The SMILES string of the molecule is CCOC(=O)c1c(N[C@H]2OC(=O)c3ccccc32)sc2c1CC[C@H](C(C)(C)C)C2. The van der Waals surface area contributed by atoms with Crippen molar-refractivity contribution in [2.75, 3.05) is 11.9 Å². The van der Waals surface area contributed by atoms with Gasteiger partial charge in [0.1, 0.15) is 5.00 Å². The minimum absolute atomic E-state index is 0.222. The fourth-order valence-electron chi connectivity index (χ4n) is 4.22. The molecule has 2 aromatic rings. The van der Waals surface area contributed by atoms with Gasteiger partial charge in [-0.3, -0.25) is 0 Å². The molecule has 0 bridgehead atoms. The summed E-state index contributed by atoms with van der Waals surface area (Å²) in [5, 5.41) is 4.05. The molecule has 1 aromatic heterocycles. The highest BCUT2D eigenvalue weighted by Gasteiger charge is 2.36. The predicted molar refractivity (Wildman–Crippen MR) is 113 cm³/mol. The van der Waals surface area contributed by atoms with Gasteiger partial charge in [0.05, 0.1) is 17.7 Å². The molecule has 29 heavy (non-hydrogen) atoms. The standard InChI is InChI=1S/C23H27NO4S/c1-5-27-22(26)18-16-11-10-13(23(2,3)4)12-17(16)29-20(18)24-19-14-8-6-7-9-15(14)21(25)28-19/h6-9,13,19,24H,5,10-12H2,1-4H3/t13-,19-/m0/s1. The van der Waals surface area contributed by atoms with Gasteiger partial charge in [0.2, 0.25) is 6.23 Å². The third-order valence-corrected chi connectivity index (χ3v) is 7.11. The molecule has 2 heterocycles. The number of hydrogen-bond acceptors (Lipinski definition) is 6. The van der Waals surface area contributed by atoms with Gasteiger partial charge in [-0.15, -0.1) is 11.3 Å². The molecule has 6 heteroatoms. The fourth-order valence-corrected chi connectivity index (χ4v) is 5.55. The van der Waals surface area contributed by atoms with Gasteiger partial charge in [0.25, 0.3) is 0 Å². The molecule has 1 aromatic carbocycles. The van der Waals surface area contributed by atoms with Crippen LogP contribution in [0.5, 0.6) is 0 Å². The molecule has 2 aliphatic rings. The molecule has 1 aliphatic carbocycles. The summed E-state index contributed by atoms with van der Waals surface area (Å²) in [6.45, 7) is 8.97. The van der Waals surface area contributed by atoms with E-state index < -0.39 is 6.23 Å². The highest BCUT2D eigenvalue weighted by molar-refractivity contribution is 7.16. The zero-order valence-corrected chi connectivity index (χ0v) is 18.2. The van der Waals surface area contributed by atoms with Crippen LogP contribution < -0.4 is 5.32 Å². The number of esters is 2. The molecule has 4 rings (SSSR count). The van der Waals surface area contributed by atoms with Crippen LogP contribution in [0.4, 0.5) is 5.00 Å². The van der Waals surface area contributed by atoms with E-state index in [1.54, 1.807) is 17.4 Å². The van der Waals surface area contributed by atoms with Crippen LogP contribution in [-0.2, 0) is 22.3 Å². The van der Waals surface area contributed by atoms with Crippen molar-refractivity contribution in [2.24, 2.45) is 11.3 Å². The number of hydrogen-bond donors (Lipinski definition) is 1. The highest BCUT2D eigenvalue weighted by atomic mass is 32.1. The second kappa shape index (κ2) is 7.48. The van der Waals surface area contributed by atoms with Crippen molar-refractivity contribution in [3.63, 3.8) is 0 Å². The second-order valence-electron chi connectivity index (χ2n) is 8.75. The van der Waals surface area contributed by atoms with Crippen LogP contribution in [-0.4, -0.2) is 18.5 Å². The Hall–Kier alpha value is -2.34. The minimum atomic E-state index is -0.592. The van der Waals surface area contributed by atoms with Gasteiger partial charge < -0.3 is 14.8 Å². The fraction of sp³-hybridized carbons (Fsp3) is 0.478. The van der Waals surface area contributed by atoms with Crippen LogP contribution in [0, 0.1) is 11.3 Å². The van der Waals surface area contributed by atoms with Crippen molar-refractivity contribution in [1.29, 1.82) is 0 Å². The van der Waals surface area contributed by atoms with Crippen molar-refractivity contribution in [3.8, 4) is 0 Å². The molecule has 2 atom stereocenters. The molecule has 0 spiro atoms. The van der Waals surface area contributed by atoms with Gasteiger partial charge in [0.15, 0.2) is 0 Å². The first-order valence-electron chi connectivity index (χ1n) is 10.2. The summed E-state index contributed by atoms with van der Waals surface area (Å²) < 4.78 is 10.9. The largest absolute Gasteiger partial charge is 0.462 e. The Balaban J connectivity index is 1.69. The third-order valence-electron chi connectivity index (χ3n) is 5.92. The van der Waals surface area contributed by atoms with Gasteiger partial charge in [0, 0.05) is 10.4 Å². The Labute approximate surface area is 175 Å². The molecule has 0 saturated carbocycles. The van der Waals surface area contributed by atoms with Crippen molar-refractivity contribution in [2.45, 2.75) is 53.2 Å². The van der Waals surface area contributed by atoms with Gasteiger partial charge >= 0.3 is 11.9 Å². The molecular formula is C23H27NO4S. The van der Waals surface area contributed by atoms with E-state index in [0.29, 0.717) is 23.7 Å². The molecular weight excluding hydrogens is 386 g/mol. The van der Waals surface area contributed by atoms with Gasteiger partial charge in [-0.1, -0.05) is 39.0 Å². The number of ether oxygens (including phenoxy) is 2. The zero-order chi connectivity index (χ0) is 20.8. The smallest absolute Gasteiger partial charge is 0.341 e. The summed E-state index contributed by atoms with van der Waals surface area (Å²) in [5.41, 5.74) is 3.29. The van der Waals surface area contributed by atoms with E-state index in [0.717, 1.165) is 35.4 Å². The number of cyclic esters (lactones) is 1. The Morgan fingerprint density at radius 1 is 1.31 bits per heavy atom. The van der Waals surface area contributed by atoms with Crippen molar-refractivity contribution < 1.29 is 19.1 Å². The summed E-state index contributed by atoms with van der Waals surface area (Å²) in [7, 11) is 0. The maximum atomic E-state index is 12.8. The number of fused-ring (bicyclic) bond motifs is 2. The van der Waals surface area contributed by atoms with Gasteiger partial charge in [-0.2, -0.15) is 0 Å². The average Bonchev–Trinajstić information content (AvgIpc) is 3.19. The molecule has 0 radical (unpaired) electrons. The number of thiophene rings is 1.